The highest BCUT2D eigenvalue weighted by Crippen LogP contribution is 2.20. The summed E-state index contributed by atoms with van der Waals surface area (Å²) < 4.78 is 21.1. The monoisotopic (exact) mass is 262 g/mol. The zero-order valence-electron chi connectivity index (χ0n) is 11.6. The van der Waals surface area contributed by atoms with Crippen LogP contribution in [0.25, 0.3) is 0 Å². The van der Waals surface area contributed by atoms with Crippen LogP contribution in [0.3, 0.4) is 0 Å². The summed E-state index contributed by atoms with van der Waals surface area (Å²) in [6.07, 6.45) is 2.95. The van der Waals surface area contributed by atoms with Gasteiger partial charge in [-0.05, 0) is 38.0 Å². The van der Waals surface area contributed by atoms with Gasteiger partial charge < -0.3 is 4.74 Å². The van der Waals surface area contributed by atoms with E-state index in [2.05, 4.69) is 18.9 Å². The van der Waals surface area contributed by atoms with Gasteiger partial charge in [-0.15, -0.1) is 0 Å². The van der Waals surface area contributed by atoms with Gasteiger partial charge in [0.2, 0.25) is 0 Å². The smallest absolute Gasteiger partial charge is 0.167 e. The molecule has 1 aromatic carbocycles. The Bertz CT molecular complexity index is 551. The van der Waals surface area contributed by atoms with Gasteiger partial charge in [0.25, 0.3) is 0 Å². The van der Waals surface area contributed by atoms with Gasteiger partial charge in [0.15, 0.2) is 11.6 Å². The van der Waals surface area contributed by atoms with E-state index in [1.165, 1.54) is 0 Å². The van der Waals surface area contributed by atoms with E-state index in [9.17, 15) is 4.39 Å². The van der Waals surface area contributed by atoms with Crippen molar-refractivity contribution in [1.29, 1.82) is 0 Å². The third kappa shape index (κ3) is 3.13. The highest BCUT2D eigenvalue weighted by molar-refractivity contribution is 5.30. The summed E-state index contributed by atoms with van der Waals surface area (Å²) in [5, 5.41) is 4.42. The molecule has 1 aromatic heterocycles. The van der Waals surface area contributed by atoms with Gasteiger partial charge in [-0.2, -0.15) is 5.10 Å². The molecular weight excluding hydrogens is 243 g/mol. The first-order valence-electron chi connectivity index (χ1n) is 6.53. The Balaban J connectivity index is 2.02. The Morgan fingerprint density at radius 1 is 1.37 bits per heavy atom. The molecule has 0 aliphatic rings. The van der Waals surface area contributed by atoms with Crippen molar-refractivity contribution in [3.05, 3.63) is 47.5 Å². The third-order valence-corrected chi connectivity index (χ3v) is 3.24. The van der Waals surface area contributed by atoms with Gasteiger partial charge >= 0.3 is 0 Å². The number of ether oxygens (including phenoxy) is 1. The molecule has 19 heavy (non-hydrogen) atoms. The SMILES string of the molecule is CCC(C)n1ccc(COc2cccc(C)c2F)n1. The van der Waals surface area contributed by atoms with E-state index in [1.54, 1.807) is 25.1 Å². The summed E-state index contributed by atoms with van der Waals surface area (Å²) in [4.78, 5) is 0. The molecule has 102 valence electrons. The zero-order valence-corrected chi connectivity index (χ0v) is 11.6. The number of nitrogens with zero attached hydrogens (tertiary/aromatic N) is 2. The molecule has 0 bridgehead atoms. The molecule has 0 saturated carbocycles. The van der Waals surface area contributed by atoms with Crippen molar-refractivity contribution in [1.82, 2.24) is 9.78 Å². The standard InChI is InChI=1S/C15H19FN2O/c1-4-12(3)18-9-8-13(17-18)10-19-14-7-5-6-11(2)15(14)16/h5-9,12H,4,10H2,1-3H3. The van der Waals surface area contributed by atoms with Crippen LogP contribution in [0.1, 0.15) is 37.6 Å². The zero-order chi connectivity index (χ0) is 13.8. The van der Waals surface area contributed by atoms with E-state index in [1.807, 2.05) is 16.9 Å². The van der Waals surface area contributed by atoms with Gasteiger partial charge in [-0.1, -0.05) is 19.1 Å². The largest absolute Gasteiger partial charge is 0.484 e. The number of aromatic nitrogens is 2. The fourth-order valence-electron chi connectivity index (χ4n) is 1.77. The van der Waals surface area contributed by atoms with Gasteiger partial charge in [0.05, 0.1) is 5.69 Å². The number of rotatable bonds is 5. The summed E-state index contributed by atoms with van der Waals surface area (Å²) >= 11 is 0. The second-order valence-electron chi connectivity index (χ2n) is 4.72. The minimum Gasteiger partial charge on any atom is -0.484 e. The van der Waals surface area contributed by atoms with E-state index in [-0.39, 0.29) is 18.2 Å². The summed E-state index contributed by atoms with van der Waals surface area (Å²) in [6.45, 7) is 6.23. The van der Waals surface area contributed by atoms with Crippen LogP contribution in [0.4, 0.5) is 4.39 Å². The van der Waals surface area contributed by atoms with Gasteiger partial charge in [0.1, 0.15) is 6.61 Å². The van der Waals surface area contributed by atoms with Crippen LogP contribution in [0.15, 0.2) is 30.5 Å². The van der Waals surface area contributed by atoms with Crippen LogP contribution in [0.2, 0.25) is 0 Å². The second-order valence-corrected chi connectivity index (χ2v) is 4.72. The molecule has 2 aromatic rings. The lowest BCUT2D eigenvalue weighted by atomic mass is 10.2. The molecule has 3 nitrogen and oxygen atoms in total. The summed E-state index contributed by atoms with van der Waals surface area (Å²) in [5.74, 6) is -0.0260. The van der Waals surface area contributed by atoms with Crippen molar-refractivity contribution in [2.24, 2.45) is 0 Å². The molecule has 0 saturated heterocycles. The van der Waals surface area contributed by atoms with Crippen molar-refractivity contribution in [3.8, 4) is 5.75 Å². The van der Waals surface area contributed by atoms with Crippen LogP contribution >= 0.6 is 0 Å². The maximum absolute atomic E-state index is 13.7. The Morgan fingerprint density at radius 3 is 2.89 bits per heavy atom. The minimum atomic E-state index is -0.302. The molecule has 4 heteroatoms. The van der Waals surface area contributed by atoms with Crippen LogP contribution in [-0.4, -0.2) is 9.78 Å². The fourth-order valence-corrected chi connectivity index (χ4v) is 1.77. The third-order valence-electron chi connectivity index (χ3n) is 3.24. The van der Waals surface area contributed by atoms with Crippen LogP contribution in [0, 0.1) is 12.7 Å². The van der Waals surface area contributed by atoms with Crippen molar-refractivity contribution in [3.63, 3.8) is 0 Å². The van der Waals surface area contributed by atoms with Gasteiger partial charge in [-0.3, -0.25) is 4.68 Å². The number of aryl methyl sites for hydroxylation is 1. The van der Waals surface area contributed by atoms with Crippen molar-refractivity contribution < 1.29 is 9.13 Å². The first-order valence-corrected chi connectivity index (χ1v) is 6.53. The Labute approximate surface area is 113 Å². The lowest BCUT2D eigenvalue weighted by Gasteiger charge is -2.09. The molecule has 1 heterocycles. The normalized spacial score (nSPS) is 12.4. The molecule has 0 radical (unpaired) electrons. The molecule has 0 spiro atoms. The predicted octanol–water partition coefficient (Wildman–Crippen LogP) is 3.88. The van der Waals surface area contributed by atoms with E-state index >= 15 is 0 Å². The number of hydrogen-bond donors (Lipinski definition) is 0. The molecule has 2 rings (SSSR count). The number of benzene rings is 1. The predicted molar refractivity (Wildman–Crippen MR) is 72.7 cm³/mol. The Kier molecular flexibility index (Phi) is 4.20. The second kappa shape index (κ2) is 5.87. The molecule has 0 fully saturated rings. The van der Waals surface area contributed by atoms with Crippen molar-refractivity contribution in [2.75, 3.05) is 0 Å². The minimum absolute atomic E-state index is 0.276. The lowest BCUT2D eigenvalue weighted by molar-refractivity contribution is 0.282. The van der Waals surface area contributed by atoms with Crippen molar-refractivity contribution >= 4 is 0 Å². The van der Waals surface area contributed by atoms with Gasteiger partial charge in [0, 0.05) is 12.2 Å². The molecular formula is C15H19FN2O. The van der Waals surface area contributed by atoms with Crippen LogP contribution < -0.4 is 4.74 Å². The molecule has 0 aliphatic heterocycles. The highest BCUT2D eigenvalue weighted by atomic mass is 19.1. The summed E-state index contributed by atoms with van der Waals surface area (Å²) in [7, 11) is 0. The Hall–Kier alpha value is -1.84. The quantitative estimate of drug-likeness (QED) is 0.817. The Morgan fingerprint density at radius 2 is 2.16 bits per heavy atom. The summed E-state index contributed by atoms with van der Waals surface area (Å²) in [5.41, 5.74) is 1.39. The number of hydrogen-bond acceptors (Lipinski definition) is 2. The first-order chi connectivity index (χ1) is 9.11. The maximum atomic E-state index is 13.7. The van der Waals surface area contributed by atoms with Crippen LogP contribution in [0.5, 0.6) is 5.75 Å². The molecule has 0 aliphatic carbocycles. The lowest BCUT2D eigenvalue weighted by Crippen LogP contribution is -2.06. The summed E-state index contributed by atoms with van der Waals surface area (Å²) in [6, 6.07) is 7.41. The van der Waals surface area contributed by atoms with E-state index in [0.29, 0.717) is 11.6 Å². The molecule has 0 amide bonds. The van der Waals surface area contributed by atoms with E-state index in [4.69, 9.17) is 4.74 Å². The van der Waals surface area contributed by atoms with Crippen LogP contribution in [-0.2, 0) is 6.61 Å². The molecule has 1 atom stereocenters. The molecule has 0 N–H and O–H groups in total. The fraction of sp³-hybridized carbons (Fsp3) is 0.400. The van der Waals surface area contributed by atoms with Gasteiger partial charge in [-0.25, -0.2) is 4.39 Å². The number of halogens is 1. The topological polar surface area (TPSA) is 27.1 Å². The van der Waals surface area contributed by atoms with E-state index in [0.717, 1.165) is 12.1 Å². The maximum Gasteiger partial charge on any atom is 0.167 e. The average Bonchev–Trinajstić information content (AvgIpc) is 2.88. The highest BCUT2D eigenvalue weighted by Gasteiger charge is 2.08. The average molecular weight is 262 g/mol. The van der Waals surface area contributed by atoms with E-state index < -0.39 is 0 Å². The van der Waals surface area contributed by atoms with Crippen molar-refractivity contribution in [2.45, 2.75) is 39.8 Å². The molecule has 1 unspecified atom stereocenters. The first kappa shape index (κ1) is 13.6.